The minimum Gasteiger partial charge on any atom is -0.493 e. The zero-order chi connectivity index (χ0) is 13.5. The molecule has 1 aromatic carbocycles. The third kappa shape index (κ3) is 2.48. The second-order valence-corrected chi connectivity index (χ2v) is 7.03. The Labute approximate surface area is 125 Å². The fraction of sp³-hybridized carbons (Fsp3) is 0.625. The van der Waals surface area contributed by atoms with Crippen molar-refractivity contribution in [1.82, 2.24) is 0 Å². The van der Waals surface area contributed by atoms with Gasteiger partial charge < -0.3 is 4.74 Å². The van der Waals surface area contributed by atoms with Crippen molar-refractivity contribution in [2.75, 3.05) is 6.61 Å². The highest BCUT2D eigenvalue weighted by Crippen LogP contribution is 2.52. The van der Waals surface area contributed by atoms with Gasteiger partial charge in [-0.25, -0.2) is 0 Å². The number of alkyl halides is 1. The average Bonchev–Trinajstić information content (AvgIpc) is 2.85. The topological polar surface area (TPSA) is 9.23 Å². The first-order valence-electron chi connectivity index (χ1n) is 7.19. The molecule has 0 aromatic heterocycles. The SMILES string of the molecule is CC1(C(Cl)c2cc(Cl)cc3c2OCC3)CCCCC1. The Morgan fingerprint density at radius 2 is 1.95 bits per heavy atom. The molecule has 1 aliphatic heterocycles. The lowest BCUT2D eigenvalue weighted by atomic mass is 9.71. The Kier molecular flexibility index (Phi) is 3.70. The Hall–Kier alpha value is -0.400. The van der Waals surface area contributed by atoms with Crippen LogP contribution >= 0.6 is 23.2 Å². The van der Waals surface area contributed by atoms with Gasteiger partial charge in [0.05, 0.1) is 12.0 Å². The van der Waals surface area contributed by atoms with Gasteiger partial charge in [0, 0.05) is 17.0 Å². The van der Waals surface area contributed by atoms with Crippen LogP contribution in [-0.4, -0.2) is 6.61 Å². The van der Waals surface area contributed by atoms with Crippen LogP contribution in [0.2, 0.25) is 5.02 Å². The second kappa shape index (κ2) is 5.18. The lowest BCUT2D eigenvalue weighted by Gasteiger charge is -2.38. The average molecular weight is 299 g/mol. The standard InChI is InChI=1S/C16H20Cl2O/c1-16(6-3-2-4-7-16)15(18)13-10-12(17)9-11-5-8-19-14(11)13/h9-10,15H,2-8H2,1H3. The monoisotopic (exact) mass is 298 g/mol. The van der Waals surface area contributed by atoms with E-state index in [1.54, 1.807) is 0 Å². The number of benzene rings is 1. The van der Waals surface area contributed by atoms with E-state index < -0.39 is 0 Å². The number of fused-ring (bicyclic) bond motifs is 1. The third-order valence-corrected chi connectivity index (χ3v) is 5.64. The molecule has 1 nitrogen and oxygen atoms in total. The number of hydrogen-bond donors (Lipinski definition) is 0. The van der Waals surface area contributed by atoms with E-state index in [0.29, 0.717) is 0 Å². The molecule has 0 N–H and O–H groups in total. The van der Waals surface area contributed by atoms with Crippen molar-refractivity contribution in [3.63, 3.8) is 0 Å². The van der Waals surface area contributed by atoms with E-state index in [1.165, 1.54) is 37.7 Å². The van der Waals surface area contributed by atoms with Gasteiger partial charge in [-0.15, -0.1) is 11.6 Å². The van der Waals surface area contributed by atoms with Crippen molar-refractivity contribution >= 4 is 23.2 Å². The summed E-state index contributed by atoms with van der Waals surface area (Å²) in [6, 6.07) is 4.02. The van der Waals surface area contributed by atoms with Crippen LogP contribution in [-0.2, 0) is 6.42 Å². The van der Waals surface area contributed by atoms with Gasteiger partial charge in [0.1, 0.15) is 5.75 Å². The van der Waals surface area contributed by atoms with E-state index in [1.807, 2.05) is 12.1 Å². The summed E-state index contributed by atoms with van der Waals surface area (Å²) in [5, 5.41) is 0.780. The van der Waals surface area contributed by atoms with Crippen LogP contribution in [0.15, 0.2) is 12.1 Å². The molecule has 1 aromatic rings. The predicted octanol–water partition coefficient (Wildman–Crippen LogP) is 5.53. The van der Waals surface area contributed by atoms with E-state index in [9.17, 15) is 0 Å². The zero-order valence-electron chi connectivity index (χ0n) is 11.3. The molecule has 0 spiro atoms. The highest BCUT2D eigenvalue weighted by Gasteiger charge is 2.37. The van der Waals surface area contributed by atoms with Gasteiger partial charge in [0.2, 0.25) is 0 Å². The maximum Gasteiger partial charge on any atom is 0.127 e. The smallest absolute Gasteiger partial charge is 0.127 e. The van der Waals surface area contributed by atoms with Crippen molar-refractivity contribution in [1.29, 1.82) is 0 Å². The molecule has 0 radical (unpaired) electrons. The second-order valence-electron chi connectivity index (χ2n) is 6.16. The van der Waals surface area contributed by atoms with Gasteiger partial charge in [-0.3, -0.25) is 0 Å². The van der Waals surface area contributed by atoms with Gasteiger partial charge in [-0.2, -0.15) is 0 Å². The fourth-order valence-electron chi connectivity index (χ4n) is 3.47. The molecular weight excluding hydrogens is 279 g/mol. The first-order chi connectivity index (χ1) is 9.10. The Bertz CT molecular complexity index is 478. The van der Waals surface area contributed by atoms with E-state index in [0.717, 1.165) is 29.4 Å². The molecule has 104 valence electrons. The van der Waals surface area contributed by atoms with Crippen LogP contribution in [0.5, 0.6) is 5.75 Å². The van der Waals surface area contributed by atoms with Gasteiger partial charge >= 0.3 is 0 Å². The zero-order valence-corrected chi connectivity index (χ0v) is 12.9. The lowest BCUT2D eigenvalue weighted by molar-refractivity contribution is 0.204. The summed E-state index contributed by atoms with van der Waals surface area (Å²) in [5.74, 6) is 0.996. The largest absolute Gasteiger partial charge is 0.493 e. The number of ether oxygens (including phenoxy) is 1. The molecule has 1 atom stereocenters. The van der Waals surface area contributed by atoms with E-state index >= 15 is 0 Å². The Balaban J connectivity index is 1.97. The van der Waals surface area contributed by atoms with Crippen molar-refractivity contribution in [3.8, 4) is 5.75 Å². The molecule has 19 heavy (non-hydrogen) atoms. The molecule has 1 fully saturated rings. The Morgan fingerprint density at radius 3 is 2.68 bits per heavy atom. The molecule has 3 rings (SSSR count). The fourth-order valence-corrected chi connectivity index (χ4v) is 4.10. The summed E-state index contributed by atoms with van der Waals surface area (Å²) in [5.41, 5.74) is 2.49. The van der Waals surface area contributed by atoms with Crippen LogP contribution in [0.3, 0.4) is 0 Å². The molecule has 2 aliphatic rings. The highest BCUT2D eigenvalue weighted by molar-refractivity contribution is 6.31. The first kappa shape index (κ1) is 13.6. The predicted molar refractivity (Wildman–Crippen MR) is 80.4 cm³/mol. The van der Waals surface area contributed by atoms with Crippen molar-refractivity contribution < 1.29 is 4.74 Å². The van der Waals surface area contributed by atoms with Crippen molar-refractivity contribution in [3.05, 3.63) is 28.3 Å². The molecular formula is C16H20Cl2O. The summed E-state index contributed by atoms with van der Waals surface area (Å²) in [7, 11) is 0. The highest BCUT2D eigenvalue weighted by atomic mass is 35.5. The molecule has 1 saturated carbocycles. The third-order valence-electron chi connectivity index (χ3n) is 4.66. The normalized spacial score (nSPS) is 22.7. The quantitative estimate of drug-likeness (QED) is 0.653. The maximum absolute atomic E-state index is 6.84. The minimum absolute atomic E-state index is 0.00153. The summed E-state index contributed by atoms with van der Waals surface area (Å²) in [6.45, 7) is 3.06. The molecule has 1 heterocycles. The van der Waals surface area contributed by atoms with Crippen LogP contribution in [0.25, 0.3) is 0 Å². The summed E-state index contributed by atoms with van der Waals surface area (Å²) in [4.78, 5) is 0. The maximum atomic E-state index is 6.84. The molecule has 3 heteroatoms. The summed E-state index contributed by atoms with van der Waals surface area (Å²) in [6.07, 6.45) is 7.24. The van der Waals surface area contributed by atoms with Crippen LogP contribution in [0, 0.1) is 5.41 Å². The number of halogens is 2. The van der Waals surface area contributed by atoms with Crippen LogP contribution in [0.1, 0.15) is 55.5 Å². The minimum atomic E-state index is -0.00153. The molecule has 0 saturated heterocycles. The number of hydrogen-bond acceptors (Lipinski definition) is 1. The summed E-state index contributed by atoms with van der Waals surface area (Å²) >= 11 is 13.1. The lowest BCUT2D eigenvalue weighted by Crippen LogP contribution is -2.25. The van der Waals surface area contributed by atoms with E-state index in [-0.39, 0.29) is 10.8 Å². The van der Waals surface area contributed by atoms with E-state index in [4.69, 9.17) is 27.9 Å². The molecule has 1 aliphatic carbocycles. The van der Waals surface area contributed by atoms with Gasteiger partial charge in [0.25, 0.3) is 0 Å². The van der Waals surface area contributed by atoms with Crippen LogP contribution in [0.4, 0.5) is 0 Å². The molecule has 1 unspecified atom stereocenters. The Morgan fingerprint density at radius 1 is 1.21 bits per heavy atom. The summed E-state index contributed by atoms with van der Waals surface area (Å²) < 4.78 is 5.80. The first-order valence-corrected chi connectivity index (χ1v) is 8.01. The van der Waals surface area contributed by atoms with E-state index in [2.05, 4.69) is 6.92 Å². The molecule has 0 amide bonds. The van der Waals surface area contributed by atoms with Gasteiger partial charge in [-0.1, -0.05) is 37.8 Å². The van der Waals surface area contributed by atoms with Gasteiger partial charge in [0.15, 0.2) is 0 Å². The molecule has 0 bridgehead atoms. The van der Waals surface area contributed by atoms with Crippen molar-refractivity contribution in [2.24, 2.45) is 5.41 Å². The van der Waals surface area contributed by atoms with Crippen LogP contribution < -0.4 is 4.74 Å². The van der Waals surface area contributed by atoms with Crippen molar-refractivity contribution in [2.45, 2.75) is 50.8 Å². The van der Waals surface area contributed by atoms with Gasteiger partial charge in [-0.05, 0) is 36.0 Å². The number of rotatable bonds is 2.